The van der Waals surface area contributed by atoms with Crippen LogP contribution in [0.4, 0.5) is 10.5 Å². The van der Waals surface area contributed by atoms with Gasteiger partial charge in [0.05, 0.1) is 0 Å². The predicted molar refractivity (Wildman–Crippen MR) is 95.8 cm³/mol. The van der Waals surface area contributed by atoms with Crippen molar-refractivity contribution in [2.24, 2.45) is 5.73 Å². The molecule has 6 unspecified atom stereocenters. The Morgan fingerprint density at radius 3 is 2.48 bits per heavy atom. The molecule has 11 heteroatoms. The van der Waals surface area contributed by atoms with E-state index < -0.39 is 54.6 Å². The summed E-state index contributed by atoms with van der Waals surface area (Å²) in [6, 6.07) is 7.64. The van der Waals surface area contributed by atoms with Gasteiger partial charge in [0.25, 0.3) is 5.24 Å². The molecule has 6 atom stereocenters. The third-order valence-corrected chi connectivity index (χ3v) is 4.68. The molecule has 0 saturated carbocycles. The summed E-state index contributed by atoms with van der Waals surface area (Å²) in [5, 5.41) is 40.4. The lowest BCUT2D eigenvalue weighted by molar-refractivity contribution is -0.287. The number of amides is 1. The number of rotatable bonds is 6. The van der Waals surface area contributed by atoms with Crippen LogP contribution in [0.25, 0.3) is 0 Å². The fourth-order valence-electron chi connectivity index (χ4n) is 2.25. The average molecular weight is 402 g/mol. The van der Waals surface area contributed by atoms with Gasteiger partial charge in [-0.25, -0.2) is 0 Å². The fourth-order valence-corrected chi connectivity index (χ4v) is 2.91. The third kappa shape index (κ3) is 6.14. The Hall–Kier alpha value is -1.73. The summed E-state index contributed by atoms with van der Waals surface area (Å²) in [5.41, 5.74) is 6.27. The number of thioether (sulfide) groups is 1. The third-order valence-electron chi connectivity index (χ3n) is 3.79. The lowest BCUT2D eigenvalue weighted by atomic mass is 9.99. The van der Waals surface area contributed by atoms with Gasteiger partial charge in [-0.3, -0.25) is 9.59 Å². The van der Waals surface area contributed by atoms with E-state index in [1.54, 1.807) is 30.3 Å². The minimum absolute atomic E-state index is 0.0461. The normalized spacial score (nSPS) is 29.0. The first-order chi connectivity index (χ1) is 12.8. The number of esters is 1. The highest BCUT2D eigenvalue weighted by Gasteiger charge is 2.43. The molecule has 1 fully saturated rings. The van der Waals surface area contributed by atoms with Gasteiger partial charge in [0.2, 0.25) is 0 Å². The second-order valence-corrected chi connectivity index (χ2v) is 6.86. The predicted octanol–water partition coefficient (Wildman–Crippen LogP) is -1.38. The number of benzene rings is 1. The summed E-state index contributed by atoms with van der Waals surface area (Å²) in [5.74, 6) is -0.892. The van der Waals surface area contributed by atoms with Gasteiger partial charge in [-0.05, 0) is 12.1 Å². The number of anilines is 1. The number of nitrogens with two attached hydrogens (primary N) is 1. The molecule has 0 aliphatic carbocycles. The van der Waals surface area contributed by atoms with Gasteiger partial charge in [0.15, 0.2) is 6.29 Å². The highest BCUT2D eigenvalue weighted by molar-refractivity contribution is 8.13. The lowest BCUT2D eigenvalue weighted by Crippen LogP contribution is -2.58. The van der Waals surface area contributed by atoms with Crippen molar-refractivity contribution >= 4 is 28.7 Å². The minimum atomic E-state index is -1.72. The fraction of sp³-hybridized carbons (Fsp3) is 0.500. The molecule has 2 rings (SSSR count). The van der Waals surface area contributed by atoms with Crippen molar-refractivity contribution < 1.29 is 39.5 Å². The molecule has 0 aromatic heterocycles. The van der Waals surface area contributed by atoms with E-state index in [4.69, 9.17) is 15.2 Å². The van der Waals surface area contributed by atoms with Crippen molar-refractivity contribution in [2.75, 3.05) is 17.7 Å². The number of hydrogen-bond donors (Lipinski definition) is 6. The first-order valence-corrected chi connectivity index (χ1v) is 9.07. The molecule has 0 radical (unpaired) electrons. The molecule has 10 nitrogen and oxygen atoms in total. The van der Waals surface area contributed by atoms with E-state index in [-0.39, 0.29) is 5.75 Å². The molecular formula is C16H22N2O8S. The van der Waals surface area contributed by atoms with Gasteiger partial charge in [-0.15, -0.1) is 0 Å². The average Bonchev–Trinajstić information content (AvgIpc) is 2.66. The zero-order valence-corrected chi connectivity index (χ0v) is 15.0. The molecule has 1 amide bonds. The van der Waals surface area contributed by atoms with Crippen molar-refractivity contribution in [1.29, 1.82) is 0 Å². The van der Waals surface area contributed by atoms with Crippen LogP contribution in [0.3, 0.4) is 0 Å². The van der Waals surface area contributed by atoms with Crippen LogP contribution >= 0.6 is 11.8 Å². The number of ether oxygens (including phenoxy) is 2. The number of carbonyl (C=O) groups excluding carboxylic acids is 2. The van der Waals surface area contributed by atoms with E-state index in [0.29, 0.717) is 5.69 Å². The van der Waals surface area contributed by atoms with Crippen LogP contribution in [0.2, 0.25) is 0 Å². The molecule has 1 aliphatic heterocycles. The molecule has 1 aliphatic rings. The number of para-hydroxylation sites is 1. The van der Waals surface area contributed by atoms with Crippen LogP contribution in [-0.2, 0) is 14.3 Å². The Morgan fingerprint density at radius 2 is 1.81 bits per heavy atom. The van der Waals surface area contributed by atoms with Crippen LogP contribution in [0, 0.1) is 0 Å². The van der Waals surface area contributed by atoms with Gasteiger partial charge in [0.1, 0.15) is 37.1 Å². The molecule has 1 aromatic carbocycles. The number of carbonyl (C=O) groups is 2. The second-order valence-electron chi connectivity index (χ2n) is 5.86. The van der Waals surface area contributed by atoms with Gasteiger partial charge in [-0.2, -0.15) is 0 Å². The number of aliphatic hydroxyl groups excluding tert-OH is 4. The Labute approximate surface area is 159 Å². The number of hydrogen-bond acceptors (Lipinski definition) is 10. The van der Waals surface area contributed by atoms with E-state index in [9.17, 15) is 30.0 Å². The van der Waals surface area contributed by atoms with Crippen LogP contribution in [0.1, 0.15) is 0 Å². The first-order valence-electron chi connectivity index (χ1n) is 8.08. The monoisotopic (exact) mass is 402 g/mol. The molecule has 1 heterocycles. The zero-order valence-electron chi connectivity index (χ0n) is 14.2. The van der Waals surface area contributed by atoms with E-state index in [1.165, 1.54) is 0 Å². The number of nitrogens with one attached hydrogen (secondary N) is 1. The summed E-state index contributed by atoms with van der Waals surface area (Å²) < 4.78 is 9.78. The van der Waals surface area contributed by atoms with Gasteiger partial charge >= 0.3 is 5.97 Å². The zero-order chi connectivity index (χ0) is 20.0. The van der Waals surface area contributed by atoms with E-state index in [0.717, 1.165) is 11.8 Å². The maximum absolute atomic E-state index is 11.9. The Balaban J connectivity index is 1.73. The van der Waals surface area contributed by atoms with Crippen molar-refractivity contribution in [3.63, 3.8) is 0 Å². The Morgan fingerprint density at radius 1 is 1.15 bits per heavy atom. The van der Waals surface area contributed by atoms with E-state index in [1.807, 2.05) is 0 Å². The van der Waals surface area contributed by atoms with E-state index in [2.05, 4.69) is 5.32 Å². The van der Waals surface area contributed by atoms with Crippen LogP contribution < -0.4 is 11.1 Å². The molecule has 1 saturated heterocycles. The van der Waals surface area contributed by atoms with Gasteiger partial charge in [-0.1, -0.05) is 30.0 Å². The van der Waals surface area contributed by atoms with Crippen molar-refractivity contribution in [3.05, 3.63) is 30.3 Å². The highest BCUT2D eigenvalue weighted by Crippen LogP contribution is 2.20. The van der Waals surface area contributed by atoms with Crippen LogP contribution in [-0.4, -0.2) is 80.7 Å². The molecule has 0 bridgehead atoms. The summed E-state index contributed by atoms with van der Waals surface area (Å²) in [6.07, 6.45) is -7.84. The maximum atomic E-state index is 11.9. The second kappa shape index (κ2) is 9.99. The summed E-state index contributed by atoms with van der Waals surface area (Å²) in [4.78, 5) is 23.7. The van der Waals surface area contributed by atoms with Crippen molar-refractivity contribution in [3.8, 4) is 0 Å². The smallest absolute Gasteiger partial charge is 0.323 e. The molecular weight excluding hydrogens is 380 g/mol. The Bertz CT molecular complexity index is 634. The van der Waals surface area contributed by atoms with Crippen molar-refractivity contribution in [2.45, 2.75) is 36.7 Å². The lowest BCUT2D eigenvalue weighted by Gasteiger charge is -2.37. The topological polar surface area (TPSA) is 172 Å². The SMILES string of the molecule is NC(CSC(=O)Nc1ccccc1)C(=O)OCC1OC(O)C(O)C(O)C1O. The Kier molecular flexibility index (Phi) is 7.98. The first kappa shape index (κ1) is 21.6. The maximum Gasteiger partial charge on any atom is 0.323 e. The standard InChI is InChI=1S/C16H22N2O8S/c17-9(7-27-16(24)18-8-4-2-1-3-5-8)14(22)25-6-10-11(19)12(20)13(21)15(23)26-10/h1-5,9-13,15,19-21,23H,6-7,17H2,(H,18,24). The molecule has 150 valence electrons. The van der Waals surface area contributed by atoms with Gasteiger partial charge < -0.3 is 41.0 Å². The quantitative estimate of drug-likeness (QED) is 0.312. The summed E-state index contributed by atoms with van der Waals surface area (Å²) in [6.45, 7) is -0.491. The minimum Gasteiger partial charge on any atom is -0.462 e. The molecule has 0 spiro atoms. The summed E-state index contributed by atoms with van der Waals surface area (Å²) in [7, 11) is 0. The largest absolute Gasteiger partial charge is 0.462 e. The van der Waals surface area contributed by atoms with Gasteiger partial charge in [0, 0.05) is 11.4 Å². The number of aliphatic hydroxyl groups is 4. The van der Waals surface area contributed by atoms with Crippen molar-refractivity contribution in [1.82, 2.24) is 0 Å². The van der Waals surface area contributed by atoms with Crippen LogP contribution in [0.15, 0.2) is 30.3 Å². The summed E-state index contributed by atoms with van der Waals surface area (Å²) >= 11 is 0.801. The highest BCUT2D eigenvalue weighted by atomic mass is 32.2. The molecule has 7 N–H and O–H groups in total. The van der Waals surface area contributed by atoms with E-state index >= 15 is 0 Å². The van der Waals surface area contributed by atoms with Crippen LogP contribution in [0.5, 0.6) is 0 Å². The molecule has 1 aromatic rings. The molecule has 27 heavy (non-hydrogen) atoms.